The first kappa shape index (κ1) is 21.8. The van der Waals surface area contributed by atoms with E-state index in [-0.39, 0.29) is 5.75 Å². The van der Waals surface area contributed by atoms with E-state index in [2.05, 4.69) is 14.0 Å². The zero-order chi connectivity index (χ0) is 16.9. The standard InChI is InChI=1S/C9H20N.C7H16O4S/c1-3-4-7-10(2)8-5-6-9-10;1-2-5-11-6-3-4-7-12(8,9)10/h3-9H2,1-2H3;2-7H2,1H3,(H,8,9,10)/q+1;/p-1. The number of unbranched alkanes of at least 4 members (excludes halogenated alkanes) is 2. The first-order chi connectivity index (χ1) is 10.3. The number of rotatable bonds is 10. The Morgan fingerprint density at radius 3 is 2.14 bits per heavy atom. The molecule has 1 fully saturated rings. The number of ether oxygens (including phenoxy) is 1. The molecular formula is C16H35NO4S. The summed E-state index contributed by atoms with van der Waals surface area (Å²) in [6.07, 6.45) is 7.68. The Morgan fingerprint density at radius 2 is 1.64 bits per heavy atom. The van der Waals surface area contributed by atoms with Crippen molar-refractivity contribution in [2.75, 3.05) is 45.6 Å². The van der Waals surface area contributed by atoms with Gasteiger partial charge in [-0.1, -0.05) is 20.3 Å². The van der Waals surface area contributed by atoms with Crippen molar-refractivity contribution in [1.82, 2.24) is 0 Å². The molecule has 5 nitrogen and oxygen atoms in total. The third-order valence-corrected chi connectivity index (χ3v) is 4.77. The Labute approximate surface area is 137 Å². The smallest absolute Gasteiger partial charge is 0.0945 e. The predicted molar refractivity (Wildman–Crippen MR) is 89.8 cm³/mol. The van der Waals surface area contributed by atoms with Crippen LogP contribution in [-0.2, 0) is 14.9 Å². The van der Waals surface area contributed by atoms with Crippen molar-refractivity contribution in [1.29, 1.82) is 0 Å². The van der Waals surface area contributed by atoms with E-state index in [4.69, 9.17) is 4.74 Å². The van der Waals surface area contributed by atoms with Crippen molar-refractivity contribution >= 4 is 10.1 Å². The van der Waals surface area contributed by atoms with Gasteiger partial charge in [0, 0.05) is 31.8 Å². The van der Waals surface area contributed by atoms with Crippen LogP contribution in [-0.4, -0.2) is 63.1 Å². The highest BCUT2D eigenvalue weighted by Crippen LogP contribution is 2.16. The molecule has 0 radical (unpaired) electrons. The molecule has 0 amide bonds. The average molecular weight is 338 g/mol. The highest BCUT2D eigenvalue weighted by atomic mass is 32.2. The van der Waals surface area contributed by atoms with E-state index in [1.165, 1.54) is 49.8 Å². The molecule has 1 saturated heterocycles. The SMILES string of the molecule is CCCC[N+]1(C)CCCC1.CCCOCCCCS(=O)(=O)[O-]. The number of nitrogens with zero attached hydrogens (tertiary/aromatic N) is 1. The lowest BCUT2D eigenvalue weighted by molar-refractivity contribution is -0.897. The van der Waals surface area contributed by atoms with Crippen LogP contribution in [0.2, 0.25) is 0 Å². The van der Waals surface area contributed by atoms with Crippen molar-refractivity contribution in [3.8, 4) is 0 Å². The van der Waals surface area contributed by atoms with Crippen LogP contribution < -0.4 is 0 Å². The number of quaternary nitrogens is 1. The Hall–Kier alpha value is -0.170. The molecule has 0 spiro atoms. The largest absolute Gasteiger partial charge is 0.748 e. The highest BCUT2D eigenvalue weighted by molar-refractivity contribution is 7.85. The normalized spacial score (nSPS) is 17.1. The topological polar surface area (TPSA) is 66.4 Å². The van der Waals surface area contributed by atoms with Crippen LogP contribution >= 0.6 is 0 Å². The van der Waals surface area contributed by atoms with Crippen LogP contribution in [0.4, 0.5) is 0 Å². The van der Waals surface area contributed by atoms with Crippen LogP contribution in [0, 0.1) is 0 Å². The summed E-state index contributed by atoms with van der Waals surface area (Å²) in [6.45, 7) is 9.80. The fourth-order valence-electron chi connectivity index (χ4n) is 2.59. The van der Waals surface area contributed by atoms with Crippen molar-refractivity contribution in [2.45, 2.75) is 58.8 Å². The van der Waals surface area contributed by atoms with Gasteiger partial charge in [0.15, 0.2) is 0 Å². The second-order valence-corrected chi connectivity index (χ2v) is 7.96. The lowest BCUT2D eigenvalue weighted by Crippen LogP contribution is -2.41. The maximum atomic E-state index is 10.1. The lowest BCUT2D eigenvalue weighted by Gasteiger charge is -2.28. The highest BCUT2D eigenvalue weighted by Gasteiger charge is 2.25. The molecule has 0 aromatic heterocycles. The fourth-order valence-corrected chi connectivity index (χ4v) is 3.15. The molecule has 134 valence electrons. The van der Waals surface area contributed by atoms with E-state index in [0.717, 1.165) is 6.42 Å². The molecule has 0 atom stereocenters. The van der Waals surface area contributed by atoms with Crippen LogP contribution in [0.25, 0.3) is 0 Å². The Morgan fingerprint density at radius 1 is 1.00 bits per heavy atom. The zero-order valence-corrected chi connectivity index (χ0v) is 15.5. The van der Waals surface area contributed by atoms with Gasteiger partial charge < -0.3 is 13.8 Å². The average Bonchev–Trinajstić information content (AvgIpc) is 2.87. The van der Waals surface area contributed by atoms with E-state index in [0.29, 0.717) is 26.1 Å². The molecule has 1 rings (SSSR count). The van der Waals surface area contributed by atoms with Gasteiger partial charge in [0.2, 0.25) is 0 Å². The molecular weight excluding hydrogens is 302 g/mol. The number of likely N-dealkylation sites (tertiary alicyclic amines) is 1. The summed E-state index contributed by atoms with van der Waals surface area (Å²) >= 11 is 0. The number of hydrogen-bond acceptors (Lipinski definition) is 4. The minimum absolute atomic E-state index is 0.275. The van der Waals surface area contributed by atoms with E-state index in [9.17, 15) is 13.0 Å². The minimum Gasteiger partial charge on any atom is -0.748 e. The maximum Gasteiger partial charge on any atom is 0.0945 e. The van der Waals surface area contributed by atoms with Crippen LogP contribution in [0.15, 0.2) is 0 Å². The molecule has 0 aromatic rings. The van der Waals surface area contributed by atoms with Gasteiger partial charge >= 0.3 is 0 Å². The minimum atomic E-state index is -4.02. The molecule has 0 N–H and O–H groups in total. The molecule has 0 unspecified atom stereocenters. The second-order valence-electron chi connectivity index (χ2n) is 6.43. The molecule has 1 heterocycles. The van der Waals surface area contributed by atoms with Crippen molar-refractivity contribution < 1.29 is 22.2 Å². The van der Waals surface area contributed by atoms with Crippen LogP contribution in [0.5, 0.6) is 0 Å². The van der Waals surface area contributed by atoms with Gasteiger partial charge in [-0.05, 0) is 25.7 Å². The van der Waals surface area contributed by atoms with Gasteiger partial charge in [0.1, 0.15) is 0 Å². The van der Waals surface area contributed by atoms with Gasteiger partial charge in [-0.15, -0.1) is 0 Å². The quantitative estimate of drug-likeness (QED) is 0.349. The molecule has 0 aromatic carbocycles. The first-order valence-electron chi connectivity index (χ1n) is 8.68. The second kappa shape index (κ2) is 12.3. The predicted octanol–water partition coefficient (Wildman–Crippen LogP) is 2.77. The summed E-state index contributed by atoms with van der Waals surface area (Å²) in [6, 6.07) is 0. The summed E-state index contributed by atoms with van der Waals surface area (Å²) in [4.78, 5) is 0. The monoisotopic (exact) mass is 337 g/mol. The summed E-state index contributed by atoms with van der Waals surface area (Å²) in [7, 11) is -1.62. The summed E-state index contributed by atoms with van der Waals surface area (Å²) in [5, 5.41) is 0. The van der Waals surface area contributed by atoms with Gasteiger partial charge in [0.25, 0.3) is 0 Å². The van der Waals surface area contributed by atoms with Crippen molar-refractivity contribution in [3.63, 3.8) is 0 Å². The first-order valence-corrected chi connectivity index (χ1v) is 10.3. The van der Waals surface area contributed by atoms with Crippen LogP contribution in [0.1, 0.15) is 58.8 Å². The van der Waals surface area contributed by atoms with Gasteiger partial charge in [-0.25, -0.2) is 8.42 Å². The summed E-state index contributed by atoms with van der Waals surface area (Å²) < 4.78 is 36.8. The van der Waals surface area contributed by atoms with E-state index in [1.807, 2.05) is 6.92 Å². The van der Waals surface area contributed by atoms with Crippen molar-refractivity contribution in [2.24, 2.45) is 0 Å². The van der Waals surface area contributed by atoms with Gasteiger partial charge in [0.05, 0.1) is 36.8 Å². The molecule has 0 aliphatic carbocycles. The number of hydrogen-bond donors (Lipinski definition) is 0. The molecule has 6 heteroatoms. The summed E-state index contributed by atoms with van der Waals surface area (Å²) in [5.74, 6) is -0.275. The third-order valence-electron chi connectivity index (χ3n) is 3.98. The van der Waals surface area contributed by atoms with Gasteiger partial charge in [-0.2, -0.15) is 0 Å². The maximum absolute atomic E-state index is 10.1. The Balaban J connectivity index is 0.000000406. The van der Waals surface area contributed by atoms with Crippen molar-refractivity contribution in [3.05, 3.63) is 0 Å². The summed E-state index contributed by atoms with van der Waals surface area (Å²) in [5.41, 5.74) is 0. The van der Waals surface area contributed by atoms with E-state index in [1.54, 1.807) is 0 Å². The third kappa shape index (κ3) is 13.5. The van der Waals surface area contributed by atoms with E-state index >= 15 is 0 Å². The molecule has 22 heavy (non-hydrogen) atoms. The molecule has 1 aliphatic heterocycles. The van der Waals surface area contributed by atoms with E-state index < -0.39 is 10.1 Å². The Bertz CT molecular complexity index is 351. The molecule has 0 saturated carbocycles. The fraction of sp³-hybridized carbons (Fsp3) is 1.00. The Kier molecular flexibility index (Phi) is 12.2. The zero-order valence-electron chi connectivity index (χ0n) is 14.7. The lowest BCUT2D eigenvalue weighted by atomic mass is 10.3. The molecule has 1 aliphatic rings. The molecule has 0 bridgehead atoms. The van der Waals surface area contributed by atoms with Crippen LogP contribution in [0.3, 0.4) is 0 Å². The van der Waals surface area contributed by atoms with Gasteiger partial charge in [-0.3, -0.25) is 0 Å².